The van der Waals surface area contributed by atoms with Gasteiger partial charge in [0.05, 0.1) is 24.4 Å². The lowest BCUT2D eigenvalue weighted by atomic mass is 10.1. The smallest absolute Gasteiger partial charge is 0.234 e. The first kappa shape index (κ1) is 19.9. The number of ether oxygens (including phenoxy) is 1. The Hall–Kier alpha value is -3.71. The number of anilines is 3. The maximum Gasteiger partial charge on any atom is 0.234 e. The molecule has 6 rings (SSSR count). The van der Waals surface area contributed by atoms with Crippen LogP contribution in [0.15, 0.2) is 67.0 Å². The standard InChI is InChI=1S/C26H25N5O2/c32-25(18-5-6-18)31-17-22(21-3-1-2-4-24(21)31)23-11-12-27-26(29-23)28-19-7-9-20(10-8-19)30-13-15-33-16-14-30/h1-4,7-12,17-18H,5-6,13-16H2,(H,27,28,29). The summed E-state index contributed by atoms with van der Waals surface area (Å²) in [6.45, 7) is 3.36. The van der Waals surface area contributed by atoms with E-state index in [0.29, 0.717) is 5.95 Å². The molecule has 7 nitrogen and oxygen atoms in total. The third-order valence-electron chi connectivity index (χ3n) is 6.31. The fourth-order valence-electron chi connectivity index (χ4n) is 4.37. The van der Waals surface area contributed by atoms with Gasteiger partial charge in [0.1, 0.15) is 0 Å². The Morgan fingerprint density at radius 2 is 1.79 bits per heavy atom. The number of nitrogens with one attached hydrogen (secondary N) is 1. The van der Waals surface area contributed by atoms with E-state index < -0.39 is 0 Å². The van der Waals surface area contributed by atoms with Crippen LogP contribution in [0.2, 0.25) is 0 Å². The molecule has 1 aliphatic carbocycles. The molecule has 2 aromatic carbocycles. The summed E-state index contributed by atoms with van der Waals surface area (Å²) in [5.74, 6) is 0.846. The van der Waals surface area contributed by atoms with Crippen molar-refractivity contribution in [2.45, 2.75) is 12.8 Å². The number of fused-ring (bicyclic) bond motifs is 1. The van der Waals surface area contributed by atoms with Gasteiger partial charge in [-0.05, 0) is 49.2 Å². The van der Waals surface area contributed by atoms with Crippen LogP contribution >= 0.6 is 0 Å². The Morgan fingerprint density at radius 1 is 1.00 bits per heavy atom. The number of aromatic nitrogens is 3. The van der Waals surface area contributed by atoms with E-state index >= 15 is 0 Å². The van der Waals surface area contributed by atoms with Crippen LogP contribution in [0.1, 0.15) is 17.6 Å². The van der Waals surface area contributed by atoms with Crippen LogP contribution in [0, 0.1) is 5.92 Å². The predicted molar refractivity (Wildman–Crippen MR) is 129 cm³/mol. The number of rotatable bonds is 5. The molecule has 4 aromatic rings. The molecule has 3 heterocycles. The highest BCUT2D eigenvalue weighted by atomic mass is 16.5. The molecule has 0 bridgehead atoms. The SMILES string of the molecule is O=C(C1CC1)n1cc(-c2ccnc(Nc3ccc(N4CCOCC4)cc3)n2)c2ccccc21. The van der Waals surface area contributed by atoms with Crippen molar-refractivity contribution >= 4 is 34.1 Å². The van der Waals surface area contributed by atoms with Gasteiger partial charge in [0.15, 0.2) is 0 Å². The highest BCUT2D eigenvalue weighted by molar-refractivity contribution is 6.02. The van der Waals surface area contributed by atoms with E-state index in [-0.39, 0.29) is 11.8 Å². The summed E-state index contributed by atoms with van der Waals surface area (Å²) in [5.41, 5.74) is 4.77. The summed E-state index contributed by atoms with van der Waals surface area (Å²) in [7, 11) is 0. The average molecular weight is 440 g/mol. The third kappa shape index (κ3) is 3.96. The minimum absolute atomic E-state index is 0.150. The largest absolute Gasteiger partial charge is 0.378 e. The van der Waals surface area contributed by atoms with Gasteiger partial charge in [-0.25, -0.2) is 9.97 Å². The molecular weight excluding hydrogens is 414 g/mol. The van der Waals surface area contributed by atoms with Crippen molar-refractivity contribution in [3.05, 3.63) is 67.0 Å². The van der Waals surface area contributed by atoms with Crippen LogP contribution in [-0.4, -0.2) is 46.7 Å². The molecule has 2 aromatic heterocycles. The molecule has 1 saturated heterocycles. The molecule has 0 unspecified atom stereocenters. The zero-order chi connectivity index (χ0) is 22.2. The van der Waals surface area contributed by atoms with Gasteiger partial charge in [-0.3, -0.25) is 9.36 Å². The van der Waals surface area contributed by atoms with Gasteiger partial charge in [0.25, 0.3) is 0 Å². The second kappa shape index (κ2) is 8.33. The van der Waals surface area contributed by atoms with Crippen molar-refractivity contribution in [2.24, 2.45) is 5.92 Å². The number of hydrogen-bond donors (Lipinski definition) is 1. The zero-order valence-electron chi connectivity index (χ0n) is 18.3. The summed E-state index contributed by atoms with van der Waals surface area (Å²) in [6, 6.07) is 18.2. The first-order valence-electron chi connectivity index (χ1n) is 11.4. The number of carbonyl (C=O) groups excluding carboxylic acids is 1. The molecular formula is C26H25N5O2. The molecule has 166 valence electrons. The zero-order valence-corrected chi connectivity index (χ0v) is 18.3. The maximum absolute atomic E-state index is 12.8. The lowest BCUT2D eigenvalue weighted by molar-refractivity contribution is 0.0891. The van der Waals surface area contributed by atoms with Gasteiger partial charge in [-0.15, -0.1) is 0 Å². The Bertz CT molecular complexity index is 1300. The van der Waals surface area contributed by atoms with Gasteiger partial charge < -0.3 is 15.0 Å². The van der Waals surface area contributed by atoms with Crippen molar-refractivity contribution in [1.29, 1.82) is 0 Å². The fraction of sp³-hybridized carbons (Fsp3) is 0.269. The first-order valence-corrected chi connectivity index (χ1v) is 11.4. The summed E-state index contributed by atoms with van der Waals surface area (Å²) in [6.07, 6.45) is 5.63. The molecule has 1 N–H and O–H groups in total. The molecule has 0 spiro atoms. The van der Waals surface area contributed by atoms with Crippen molar-refractivity contribution in [3.8, 4) is 11.3 Å². The molecule has 0 atom stereocenters. The minimum atomic E-state index is 0.150. The number of para-hydroxylation sites is 1. The molecule has 1 aliphatic heterocycles. The molecule has 33 heavy (non-hydrogen) atoms. The Balaban J connectivity index is 1.27. The molecule has 1 saturated carbocycles. The van der Waals surface area contributed by atoms with Crippen LogP contribution in [0.3, 0.4) is 0 Å². The number of carbonyl (C=O) groups is 1. The van der Waals surface area contributed by atoms with E-state index in [9.17, 15) is 4.79 Å². The molecule has 2 aliphatic rings. The maximum atomic E-state index is 12.8. The van der Waals surface area contributed by atoms with Crippen LogP contribution in [0.25, 0.3) is 22.2 Å². The van der Waals surface area contributed by atoms with E-state index in [2.05, 4.69) is 27.3 Å². The van der Waals surface area contributed by atoms with E-state index in [1.807, 2.05) is 48.7 Å². The normalized spacial score (nSPS) is 16.2. The minimum Gasteiger partial charge on any atom is -0.378 e. The third-order valence-corrected chi connectivity index (χ3v) is 6.31. The number of morpholine rings is 1. The topological polar surface area (TPSA) is 72.3 Å². The Labute approximate surface area is 192 Å². The molecule has 0 amide bonds. The van der Waals surface area contributed by atoms with Crippen LogP contribution in [0.4, 0.5) is 17.3 Å². The summed E-state index contributed by atoms with van der Waals surface area (Å²) < 4.78 is 7.23. The summed E-state index contributed by atoms with van der Waals surface area (Å²) >= 11 is 0. The predicted octanol–water partition coefficient (Wildman–Crippen LogP) is 4.73. The quantitative estimate of drug-likeness (QED) is 0.485. The number of hydrogen-bond acceptors (Lipinski definition) is 6. The van der Waals surface area contributed by atoms with Crippen molar-refractivity contribution in [2.75, 3.05) is 36.5 Å². The summed E-state index contributed by atoms with van der Waals surface area (Å²) in [4.78, 5) is 24.3. The highest BCUT2D eigenvalue weighted by Crippen LogP contribution is 2.35. The second-order valence-corrected chi connectivity index (χ2v) is 8.58. The van der Waals surface area contributed by atoms with E-state index in [1.165, 1.54) is 5.69 Å². The molecule has 2 fully saturated rings. The lowest BCUT2D eigenvalue weighted by Crippen LogP contribution is -2.36. The van der Waals surface area contributed by atoms with Crippen molar-refractivity contribution < 1.29 is 9.53 Å². The van der Waals surface area contributed by atoms with Crippen LogP contribution in [0.5, 0.6) is 0 Å². The molecule has 7 heteroatoms. The summed E-state index contributed by atoms with van der Waals surface area (Å²) in [5, 5.41) is 4.33. The van der Waals surface area contributed by atoms with Crippen LogP contribution < -0.4 is 10.2 Å². The number of nitrogens with zero attached hydrogens (tertiary/aromatic N) is 4. The van der Waals surface area contributed by atoms with Crippen molar-refractivity contribution in [3.63, 3.8) is 0 Å². The lowest BCUT2D eigenvalue weighted by Gasteiger charge is -2.28. The average Bonchev–Trinajstić information content (AvgIpc) is 3.65. The van der Waals surface area contributed by atoms with E-state index in [4.69, 9.17) is 9.72 Å². The fourth-order valence-corrected chi connectivity index (χ4v) is 4.37. The van der Waals surface area contributed by atoms with Gasteiger partial charge in [0, 0.05) is 53.7 Å². The Kier molecular flexibility index (Phi) is 5.03. The van der Waals surface area contributed by atoms with Crippen molar-refractivity contribution in [1.82, 2.24) is 14.5 Å². The van der Waals surface area contributed by atoms with Gasteiger partial charge in [-0.2, -0.15) is 0 Å². The van der Waals surface area contributed by atoms with Gasteiger partial charge in [0.2, 0.25) is 11.9 Å². The highest BCUT2D eigenvalue weighted by Gasteiger charge is 2.32. The van der Waals surface area contributed by atoms with Gasteiger partial charge in [-0.1, -0.05) is 18.2 Å². The monoisotopic (exact) mass is 439 g/mol. The Morgan fingerprint density at radius 3 is 2.58 bits per heavy atom. The van der Waals surface area contributed by atoms with Gasteiger partial charge >= 0.3 is 0 Å². The van der Waals surface area contributed by atoms with Crippen LogP contribution in [-0.2, 0) is 4.74 Å². The molecule has 0 radical (unpaired) electrons. The second-order valence-electron chi connectivity index (χ2n) is 8.58. The van der Waals surface area contributed by atoms with E-state index in [1.54, 1.807) is 10.8 Å². The van der Waals surface area contributed by atoms with E-state index in [0.717, 1.165) is 67.0 Å². The first-order chi connectivity index (χ1) is 16.3. The number of benzene rings is 2.